The highest BCUT2D eigenvalue weighted by atomic mass is 32.2. The van der Waals surface area contributed by atoms with Gasteiger partial charge in [-0.25, -0.2) is 4.21 Å². The third-order valence-corrected chi connectivity index (χ3v) is 5.81. The summed E-state index contributed by atoms with van der Waals surface area (Å²) >= 11 is 0. The van der Waals surface area contributed by atoms with Crippen molar-refractivity contribution >= 4 is 27.2 Å². The van der Waals surface area contributed by atoms with Crippen molar-refractivity contribution in [2.45, 2.75) is 18.7 Å². The molecule has 3 rings (SSSR count). The molecule has 0 aliphatic carbocycles. The summed E-state index contributed by atoms with van der Waals surface area (Å²) in [5.74, 6) is 0. The fraction of sp³-hybridized carbons (Fsp3) is 0.222. The average Bonchev–Trinajstić information content (AvgIpc) is 2.56. The molecule has 1 unspecified atom stereocenters. The molecule has 0 radical (unpaired) electrons. The lowest BCUT2D eigenvalue weighted by Crippen LogP contribution is -2.21. The second kappa shape index (κ2) is 5.97. The molecule has 2 aromatic carbocycles. The van der Waals surface area contributed by atoms with Gasteiger partial charge >= 0.3 is 0 Å². The van der Waals surface area contributed by atoms with Crippen LogP contribution >= 0.6 is 0 Å². The van der Waals surface area contributed by atoms with Gasteiger partial charge in [-0.2, -0.15) is 4.36 Å². The molecule has 1 heterocycles. The maximum absolute atomic E-state index is 13.1. The monoisotopic (exact) mass is 312 g/mol. The molecule has 0 saturated heterocycles. The van der Waals surface area contributed by atoms with Crippen molar-refractivity contribution in [3.05, 3.63) is 59.5 Å². The van der Waals surface area contributed by atoms with Crippen molar-refractivity contribution in [3.63, 3.8) is 0 Å². The minimum atomic E-state index is -2.51. The Morgan fingerprint density at radius 3 is 2.45 bits per heavy atom. The zero-order chi connectivity index (χ0) is 15.6. The Morgan fingerprint density at radius 1 is 1.05 bits per heavy atom. The number of benzene rings is 2. The molecular weight excluding hydrogens is 292 g/mol. The average molecular weight is 312 g/mol. The summed E-state index contributed by atoms with van der Waals surface area (Å²) < 4.78 is 17.7. The van der Waals surface area contributed by atoms with E-state index in [1.165, 1.54) is 0 Å². The van der Waals surface area contributed by atoms with Crippen LogP contribution in [0.1, 0.15) is 19.4 Å². The van der Waals surface area contributed by atoms with Gasteiger partial charge in [0.05, 0.1) is 10.6 Å². The third-order valence-electron chi connectivity index (χ3n) is 3.89. The van der Waals surface area contributed by atoms with E-state index in [0.717, 1.165) is 34.9 Å². The van der Waals surface area contributed by atoms with Gasteiger partial charge in [-0.1, -0.05) is 24.3 Å². The summed E-state index contributed by atoms with van der Waals surface area (Å²) in [6, 6.07) is 15.6. The van der Waals surface area contributed by atoms with Gasteiger partial charge in [0.2, 0.25) is 0 Å². The van der Waals surface area contributed by atoms with Crippen molar-refractivity contribution in [1.82, 2.24) is 0 Å². The minimum Gasteiger partial charge on any atom is -0.372 e. The van der Waals surface area contributed by atoms with Crippen LogP contribution in [0.25, 0.3) is 6.08 Å². The minimum absolute atomic E-state index is 0.755. The predicted molar refractivity (Wildman–Crippen MR) is 94.0 cm³/mol. The van der Waals surface area contributed by atoms with Crippen molar-refractivity contribution in [1.29, 1.82) is 0 Å². The SMILES string of the molecule is CCN(CC)c1ccc2c(c1)N=S(=O)(c1ccccc1)C=C2. The Kier molecular flexibility index (Phi) is 4.03. The smallest absolute Gasteiger partial charge is 0.102 e. The highest BCUT2D eigenvalue weighted by Gasteiger charge is 2.16. The summed E-state index contributed by atoms with van der Waals surface area (Å²) in [5, 5.41) is 1.72. The molecule has 0 aromatic heterocycles. The fourth-order valence-corrected chi connectivity index (χ4v) is 4.28. The van der Waals surface area contributed by atoms with Gasteiger partial charge in [0.1, 0.15) is 9.73 Å². The molecule has 1 atom stereocenters. The zero-order valence-corrected chi connectivity index (χ0v) is 13.7. The number of hydrogen-bond acceptors (Lipinski definition) is 3. The second-order valence-corrected chi connectivity index (χ2v) is 7.25. The molecule has 0 bridgehead atoms. The first-order chi connectivity index (χ1) is 10.7. The molecule has 22 heavy (non-hydrogen) atoms. The lowest BCUT2D eigenvalue weighted by atomic mass is 10.1. The molecule has 1 aliphatic rings. The van der Waals surface area contributed by atoms with E-state index in [9.17, 15) is 4.21 Å². The van der Waals surface area contributed by atoms with Gasteiger partial charge in [0, 0.05) is 29.7 Å². The first-order valence-electron chi connectivity index (χ1n) is 7.55. The van der Waals surface area contributed by atoms with Crippen molar-refractivity contribution in [2.75, 3.05) is 18.0 Å². The molecule has 0 saturated carbocycles. The van der Waals surface area contributed by atoms with Crippen LogP contribution in [0.3, 0.4) is 0 Å². The number of hydrogen-bond donors (Lipinski definition) is 0. The number of fused-ring (bicyclic) bond motifs is 1. The lowest BCUT2D eigenvalue weighted by Gasteiger charge is -2.22. The van der Waals surface area contributed by atoms with Crippen LogP contribution in [0, 0.1) is 0 Å². The van der Waals surface area contributed by atoms with Crippen molar-refractivity contribution in [3.8, 4) is 0 Å². The number of rotatable bonds is 4. The zero-order valence-electron chi connectivity index (χ0n) is 12.9. The van der Waals surface area contributed by atoms with Crippen molar-refractivity contribution in [2.24, 2.45) is 4.36 Å². The van der Waals surface area contributed by atoms with E-state index in [-0.39, 0.29) is 0 Å². The molecule has 0 fully saturated rings. The Hall–Kier alpha value is -2.07. The van der Waals surface area contributed by atoms with E-state index in [1.54, 1.807) is 5.41 Å². The molecular formula is C18H20N2OS. The molecule has 2 aromatic rings. The predicted octanol–water partition coefficient (Wildman–Crippen LogP) is 4.68. The summed E-state index contributed by atoms with van der Waals surface area (Å²) in [6.45, 7) is 6.15. The largest absolute Gasteiger partial charge is 0.372 e. The maximum atomic E-state index is 13.1. The second-order valence-electron chi connectivity index (χ2n) is 5.19. The standard InChI is InChI=1S/C18H20N2OS/c1-3-20(4-2)16-11-10-15-12-13-22(21,19-18(15)14-16)17-8-6-5-7-9-17/h5-14H,3-4H2,1-2H3. The summed E-state index contributed by atoms with van der Waals surface area (Å²) in [4.78, 5) is 3.02. The molecule has 3 nitrogen and oxygen atoms in total. The fourth-order valence-electron chi connectivity index (χ4n) is 2.63. The lowest BCUT2D eigenvalue weighted by molar-refractivity contribution is 0.682. The third kappa shape index (κ3) is 2.66. The van der Waals surface area contributed by atoms with Crippen LogP contribution in [0.5, 0.6) is 0 Å². The van der Waals surface area contributed by atoms with E-state index in [1.807, 2.05) is 48.5 Å². The maximum Gasteiger partial charge on any atom is 0.102 e. The van der Waals surface area contributed by atoms with Crippen LogP contribution in [0.2, 0.25) is 0 Å². The van der Waals surface area contributed by atoms with Gasteiger partial charge < -0.3 is 4.90 Å². The van der Waals surface area contributed by atoms with Crippen LogP contribution in [0.4, 0.5) is 11.4 Å². The Morgan fingerprint density at radius 2 is 1.77 bits per heavy atom. The van der Waals surface area contributed by atoms with Crippen LogP contribution in [-0.4, -0.2) is 17.3 Å². The van der Waals surface area contributed by atoms with Gasteiger partial charge in [-0.05, 0) is 44.2 Å². The summed E-state index contributed by atoms with van der Waals surface area (Å²) in [5.41, 5.74) is 2.95. The topological polar surface area (TPSA) is 32.7 Å². The molecule has 0 N–H and O–H groups in total. The molecule has 0 spiro atoms. The van der Waals surface area contributed by atoms with Crippen LogP contribution < -0.4 is 4.90 Å². The molecule has 114 valence electrons. The molecule has 4 heteroatoms. The highest BCUT2D eigenvalue weighted by Crippen LogP contribution is 2.34. The van der Waals surface area contributed by atoms with E-state index >= 15 is 0 Å². The quantitative estimate of drug-likeness (QED) is 0.821. The summed E-state index contributed by atoms with van der Waals surface area (Å²) in [7, 11) is -2.51. The molecule has 1 aliphatic heterocycles. The van der Waals surface area contributed by atoms with Gasteiger partial charge in [0.15, 0.2) is 0 Å². The number of nitrogens with zero attached hydrogens (tertiary/aromatic N) is 2. The first-order valence-corrected chi connectivity index (χ1v) is 9.13. The first kappa shape index (κ1) is 14.9. The van der Waals surface area contributed by atoms with E-state index < -0.39 is 9.73 Å². The van der Waals surface area contributed by atoms with Crippen LogP contribution in [-0.2, 0) is 9.73 Å². The Bertz CT molecular complexity index is 814. The summed E-state index contributed by atoms with van der Waals surface area (Å²) in [6.07, 6.45) is 1.92. The van der Waals surface area contributed by atoms with Gasteiger partial charge in [-0.3, -0.25) is 0 Å². The normalized spacial score (nSPS) is 19.4. The highest BCUT2D eigenvalue weighted by molar-refractivity contribution is 7.96. The van der Waals surface area contributed by atoms with E-state index in [4.69, 9.17) is 0 Å². The number of anilines is 1. The van der Waals surface area contributed by atoms with Gasteiger partial charge in [0.25, 0.3) is 0 Å². The van der Waals surface area contributed by atoms with E-state index in [2.05, 4.69) is 29.2 Å². The Balaban J connectivity index is 2.10. The van der Waals surface area contributed by atoms with E-state index in [0.29, 0.717) is 0 Å². The van der Waals surface area contributed by atoms with Crippen molar-refractivity contribution < 1.29 is 4.21 Å². The van der Waals surface area contributed by atoms with Gasteiger partial charge in [-0.15, -0.1) is 0 Å². The molecule has 0 amide bonds. The Labute approximate surface area is 132 Å². The van der Waals surface area contributed by atoms with Crippen LogP contribution in [0.15, 0.2) is 63.2 Å².